The minimum Gasteiger partial charge on any atom is -0.475 e. The first-order chi connectivity index (χ1) is 10.4. The number of ketones is 2. The number of hydrogen-bond acceptors (Lipinski definition) is 3. The summed E-state index contributed by atoms with van der Waals surface area (Å²) in [5, 5.41) is 8.57. The summed E-state index contributed by atoms with van der Waals surface area (Å²) in [6, 6.07) is 7.44. The highest BCUT2D eigenvalue weighted by Gasteiger charge is 2.20. The molecule has 0 amide bonds. The van der Waals surface area contributed by atoms with Gasteiger partial charge in [-0.15, -0.1) is 0 Å². The van der Waals surface area contributed by atoms with Gasteiger partial charge in [-0.05, 0) is 36.2 Å². The van der Waals surface area contributed by atoms with Crippen molar-refractivity contribution in [2.75, 3.05) is 0 Å². The number of rotatable bonds is 6. The fraction of sp³-hybridized carbons (Fsp3) is 0.188. The number of Topliss-reactive ketones (excluding diaryl/α,β-unsaturated/α-hetero) is 2. The Hall–Kier alpha value is -2.76. The molecule has 1 aromatic heterocycles. The molecule has 0 aliphatic heterocycles. The zero-order valence-electron chi connectivity index (χ0n) is 11.9. The molecule has 0 unspecified atom stereocenters. The smallest absolute Gasteiger partial charge is 0.372 e. The van der Waals surface area contributed by atoms with Crippen LogP contribution in [0.1, 0.15) is 28.0 Å². The van der Waals surface area contributed by atoms with Gasteiger partial charge in [0.25, 0.3) is 0 Å². The summed E-state index contributed by atoms with van der Waals surface area (Å²) in [6.45, 7) is 2.12. The van der Waals surface area contributed by atoms with E-state index in [-0.39, 0.29) is 11.5 Å². The monoisotopic (exact) mass is 303 g/mol. The van der Waals surface area contributed by atoms with Crippen LogP contribution in [0.15, 0.2) is 36.5 Å². The predicted molar refractivity (Wildman–Crippen MR) is 76.3 cm³/mol. The van der Waals surface area contributed by atoms with Gasteiger partial charge in [0.2, 0.25) is 5.78 Å². The first-order valence-electron chi connectivity index (χ1n) is 6.57. The number of carboxylic acids is 1. The van der Waals surface area contributed by atoms with Gasteiger partial charge in [0.15, 0.2) is 5.78 Å². The molecule has 1 N–H and O–H groups in total. The number of benzene rings is 1. The van der Waals surface area contributed by atoms with Gasteiger partial charge in [0.1, 0.15) is 5.82 Å². The van der Waals surface area contributed by atoms with Crippen LogP contribution in [0.2, 0.25) is 0 Å². The third-order valence-corrected chi connectivity index (χ3v) is 3.14. The number of carboxylic acid groups (broad SMARTS) is 1. The Labute approximate surface area is 126 Å². The van der Waals surface area contributed by atoms with Gasteiger partial charge in [-0.25, -0.2) is 9.18 Å². The maximum absolute atomic E-state index is 12.9. The van der Waals surface area contributed by atoms with E-state index in [9.17, 15) is 18.8 Å². The maximum Gasteiger partial charge on any atom is 0.372 e. The number of aryl methyl sites for hydroxylation is 1. The average molecular weight is 303 g/mol. The molecule has 0 saturated heterocycles. The summed E-state index contributed by atoms with van der Waals surface area (Å²) >= 11 is 0. The van der Waals surface area contributed by atoms with E-state index in [4.69, 9.17) is 5.11 Å². The molecule has 22 heavy (non-hydrogen) atoms. The molecule has 0 radical (unpaired) electrons. The standard InChI is InChI=1S/C16H14FNO4/c1-10-6-13(14(19)7-15(20)16(21)22)18(8-10)9-11-2-4-12(17)5-3-11/h2-6,8H,7,9H2,1H3,(H,21,22). The summed E-state index contributed by atoms with van der Waals surface area (Å²) in [5.74, 6) is -3.67. The normalized spacial score (nSPS) is 10.5. The lowest BCUT2D eigenvalue weighted by Gasteiger charge is -2.08. The summed E-state index contributed by atoms with van der Waals surface area (Å²) in [5.41, 5.74) is 1.86. The minimum atomic E-state index is -1.62. The number of aromatic nitrogens is 1. The van der Waals surface area contributed by atoms with Crippen molar-refractivity contribution in [2.45, 2.75) is 19.9 Å². The van der Waals surface area contributed by atoms with E-state index < -0.39 is 24.0 Å². The van der Waals surface area contributed by atoms with Crippen LogP contribution in [0.3, 0.4) is 0 Å². The Morgan fingerprint density at radius 1 is 1.18 bits per heavy atom. The molecule has 0 fully saturated rings. The van der Waals surface area contributed by atoms with Crippen LogP contribution in [0, 0.1) is 12.7 Å². The summed E-state index contributed by atoms with van der Waals surface area (Å²) < 4.78 is 14.5. The van der Waals surface area contributed by atoms with E-state index >= 15 is 0 Å². The number of hydrogen-bond donors (Lipinski definition) is 1. The maximum atomic E-state index is 12.9. The number of carbonyl (C=O) groups excluding carboxylic acids is 2. The molecule has 0 aliphatic rings. The molecule has 1 aromatic carbocycles. The van der Waals surface area contributed by atoms with Crippen molar-refractivity contribution in [3.63, 3.8) is 0 Å². The van der Waals surface area contributed by atoms with Crippen LogP contribution in [-0.4, -0.2) is 27.2 Å². The quantitative estimate of drug-likeness (QED) is 0.504. The van der Waals surface area contributed by atoms with Crippen molar-refractivity contribution in [3.05, 3.63) is 59.2 Å². The highest BCUT2D eigenvalue weighted by Crippen LogP contribution is 2.14. The van der Waals surface area contributed by atoms with E-state index in [1.165, 1.54) is 12.1 Å². The van der Waals surface area contributed by atoms with Crippen LogP contribution >= 0.6 is 0 Å². The van der Waals surface area contributed by atoms with Crippen molar-refractivity contribution in [3.8, 4) is 0 Å². The van der Waals surface area contributed by atoms with Gasteiger partial charge >= 0.3 is 5.97 Å². The van der Waals surface area contributed by atoms with Gasteiger partial charge in [0, 0.05) is 12.7 Å². The number of carbonyl (C=O) groups is 3. The highest BCUT2D eigenvalue weighted by molar-refractivity contribution is 6.37. The predicted octanol–water partition coefficient (Wildman–Crippen LogP) is 2.21. The van der Waals surface area contributed by atoms with Crippen LogP contribution in [0.25, 0.3) is 0 Å². The topological polar surface area (TPSA) is 76.4 Å². The van der Waals surface area contributed by atoms with Crippen molar-refractivity contribution in [2.24, 2.45) is 0 Å². The third kappa shape index (κ3) is 3.66. The summed E-state index contributed by atoms with van der Waals surface area (Å²) in [7, 11) is 0. The highest BCUT2D eigenvalue weighted by atomic mass is 19.1. The van der Waals surface area contributed by atoms with Crippen molar-refractivity contribution >= 4 is 17.5 Å². The number of aliphatic carboxylic acids is 1. The molecule has 0 atom stereocenters. The summed E-state index contributed by atoms with van der Waals surface area (Å²) in [6.07, 6.45) is 1.05. The fourth-order valence-electron chi connectivity index (χ4n) is 2.12. The molecule has 0 spiro atoms. The van der Waals surface area contributed by atoms with E-state index in [2.05, 4.69) is 0 Å². The van der Waals surface area contributed by atoms with Crippen LogP contribution in [0.5, 0.6) is 0 Å². The van der Waals surface area contributed by atoms with Crippen LogP contribution in [0.4, 0.5) is 4.39 Å². The summed E-state index contributed by atoms with van der Waals surface area (Å²) in [4.78, 5) is 33.8. The van der Waals surface area contributed by atoms with Crippen molar-refractivity contribution in [1.82, 2.24) is 4.57 Å². The van der Waals surface area contributed by atoms with Gasteiger partial charge in [-0.1, -0.05) is 12.1 Å². The molecule has 2 aromatic rings. The van der Waals surface area contributed by atoms with Crippen molar-refractivity contribution < 1.29 is 23.9 Å². The van der Waals surface area contributed by atoms with Crippen molar-refractivity contribution in [1.29, 1.82) is 0 Å². The Kier molecular flexibility index (Phi) is 4.50. The third-order valence-electron chi connectivity index (χ3n) is 3.14. The zero-order chi connectivity index (χ0) is 16.3. The van der Waals surface area contributed by atoms with Crippen LogP contribution in [-0.2, 0) is 16.1 Å². The number of halogens is 1. The molecule has 114 valence electrons. The second-order valence-corrected chi connectivity index (χ2v) is 4.99. The minimum absolute atomic E-state index is 0.261. The lowest BCUT2D eigenvalue weighted by atomic mass is 10.1. The van der Waals surface area contributed by atoms with Gasteiger partial charge in [-0.2, -0.15) is 0 Å². The molecule has 6 heteroatoms. The van der Waals surface area contributed by atoms with Gasteiger partial charge in [0.05, 0.1) is 12.1 Å². The van der Waals surface area contributed by atoms with E-state index in [0.717, 1.165) is 11.1 Å². The molecular formula is C16H14FNO4. The fourth-order valence-corrected chi connectivity index (χ4v) is 2.12. The Morgan fingerprint density at radius 3 is 2.41 bits per heavy atom. The second kappa shape index (κ2) is 6.34. The number of nitrogens with zero attached hydrogens (tertiary/aromatic N) is 1. The molecule has 0 saturated carbocycles. The molecule has 0 aliphatic carbocycles. The molecule has 1 heterocycles. The lowest BCUT2D eigenvalue weighted by Crippen LogP contribution is -2.19. The van der Waals surface area contributed by atoms with Gasteiger partial charge < -0.3 is 9.67 Å². The first kappa shape index (κ1) is 15.6. The Morgan fingerprint density at radius 2 is 1.82 bits per heavy atom. The average Bonchev–Trinajstić information content (AvgIpc) is 2.82. The molecule has 5 nitrogen and oxygen atoms in total. The van der Waals surface area contributed by atoms with E-state index in [1.54, 1.807) is 35.9 Å². The zero-order valence-corrected chi connectivity index (χ0v) is 11.9. The molecule has 0 bridgehead atoms. The van der Waals surface area contributed by atoms with E-state index in [0.29, 0.717) is 6.54 Å². The SMILES string of the molecule is Cc1cc(C(=O)CC(=O)C(=O)O)n(Cc2ccc(F)cc2)c1. The largest absolute Gasteiger partial charge is 0.475 e. The lowest BCUT2D eigenvalue weighted by molar-refractivity contribution is -0.148. The second-order valence-electron chi connectivity index (χ2n) is 4.99. The Balaban J connectivity index is 2.22. The van der Waals surface area contributed by atoms with Gasteiger partial charge in [-0.3, -0.25) is 9.59 Å². The van der Waals surface area contributed by atoms with Crippen LogP contribution < -0.4 is 0 Å². The molecule has 2 rings (SSSR count). The Bertz CT molecular complexity index is 731. The first-order valence-corrected chi connectivity index (χ1v) is 6.57. The molecular weight excluding hydrogens is 289 g/mol. The van der Waals surface area contributed by atoms with E-state index in [1.807, 2.05) is 0 Å².